The van der Waals surface area contributed by atoms with Gasteiger partial charge < -0.3 is 18.9 Å². The molecule has 0 bridgehead atoms. The largest absolute Gasteiger partial charge is 0.493 e. The molecule has 0 heterocycles. The van der Waals surface area contributed by atoms with Crippen LogP contribution in [0.2, 0.25) is 0 Å². The Morgan fingerprint density at radius 2 is 1.58 bits per heavy atom. The SMILES string of the molecule is COC(=O)/C(=C/c1ccc(OC(C)C)cc1)c1ccc(OC)c(OC)c1. The smallest absolute Gasteiger partial charge is 0.338 e. The molecule has 0 spiro atoms. The van der Waals surface area contributed by atoms with Crippen LogP contribution in [0.15, 0.2) is 42.5 Å². The number of benzene rings is 2. The van der Waals surface area contributed by atoms with Crippen LogP contribution in [0.3, 0.4) is 0 Å². The Balaban J connectivity index is 2.41. The molecule has 0 atom stereocenters. The maximum absolute atomic E-state index is 12.3. The van der Waals surface area contributed by atoms with E-state index in [1.165, 1.54) is 7.11 Å². The fraction of sp³-hybridized carbons (Fsp3) is 0.286. The molecule has 0 saturated heterocycles. The summed E-state index contributed by atoms with van der Waals surface area (Å²) in [5.74, 6) is 1.48. The molecule has 0 saturated carbocycles. The van der Waals surface area contributed by atoms with Gasteiger partial charge in [-0.05, 0) is 55.3 Å². The molecule has 0 radical (unpaired) electrons. The topological polar surface area (TPSA) is 54.0 Å². The Morgan fingerprint density at radius 1 is 0.923 bits per heavy atom. The number of carbonyl (C=O) groups excluding carboxylic acids is 1. The van der Waals surface area contributed by atoms with Gasteiger partial charge in [0, 0.05) is 0 Å². The molecule has 138 valence electrons. The van der Waals surface area contributed by atoms with Gasteiger partial charge >= 0.3 is 5.97 Å². The normalized spacial score (nSPS) is 11.2. The lowest BCUT2D eigenvalue weighted by atomic mass is 10.0. The highest BCUT2D eigenvalue weighted by molar-refractivity contribution is 6.21. The number of esters is 1. The first kappa shape index (κ1) is 19.4. The number of carbonyl (C=O) groups is 1. The van der Waals surface area contributed by atoms with Crippen LogP contribution < -0.4 is 14.2 Å². The Morgan fingerprint density at radius 3 is 2.12 bits per heavy atom. The van der Waals surface area contributed by atoms with Crippen molar-refractivity contribution in [2.45, 2.75) is 20.0 Å². The second-order valence-corrected chi connectivity index (χ2v) is 5.85. The molecule has 2 aromatic carbocycles. The van der Waals surface area contributed by atoms with E-state index in [1.54, 1.807) is 38.5 Å². The molecular formula is C21H24O5. The van der Waals surface area contributed by atoms with Crippen LogP contribution in [-0.2, 0) is 9.53 Å². The third-order valence-corrected chi connectivity index (χ3v) is 3.66. The van der Waals surface area contributed by atoms with Crippen LogP contribution in [0.5, 0.6) is 17.2 Å². The highest BCUT2D eigenvalue weighted by Gasteiger charge is 2.15. The number of ether oxygens (including phenoxy) is 4. The van der Waals surface area contributed by atoms with Crippen molar-refractivity contribution in [2.24, 2.45) is 0 Å². The van der Waals surface area contributed by atoms with Crippen molar-refractivity contribution < 1.29 is 23.7 Å². The number of rotatable bonds is 7. The Bertz CT molecular complexity index is 775. The maximum atomic E-state index is 12.3. The summed E-state index contributed by atoms with van der Waals surface area (Å²) in [4.78, 5) is 12.3. The minimum Gasteiger partial charge on any atom is -0.493 e. The van der Waals surface area contributed by atoms with Crippen LogP contribution in [0.4, 0.5) is 0 Å². The summed E-state index contributed by atoms with van der Waals surface area (Å²) >= 11 is 0. The lowest BCUT2D eigenvalue weighted by molar-refractivity contribution is -0.133. The Kier molecular flexibility index (Phi) is 6.67. The summed E-state index contributed by atoms with van der Waals surface area (Å²) in [6.07, 6.45) is 1.88. The highest BCUT2D eigenvalue weighted by atomic mass is 16.5. The van der Waals surface area contributed by atoms with E-state index in [9.17, 15) is 4.79 Å². The van der Waals surface area contributed by atoms with E-state index < -0.39 is 5.97 Å². The molecule has 0 N–H and O–H groups in total. The first-order valence-electron chi connectivity index (χ1n) is 8.27. The monoisotopic (exact) mass is 356 g/mol. The predicted octanol–water partition coefficient (Wildman–Crippen LogP) is 4.20. The predicted molar refractivity (Wildman–Crippen MR) is 102 cm³/mol. The van der Waals surface area contributed by atoms with E-state index in [0.717, 1.165) is 11.3 Å². The first-order valence-corrected chi connectivity index (χ1v) is 8.27. The summed E-state index contributed by atoms with van der Waals surface area (Å²) < 4.78 is 21.2. The molecule has 2 rings (SSSR count). The van der Waals surface area contributed by atoms with Crippen LogP contribution in [-0.4, -0.2) is 33.4 Å². The van der Waals surface area contributed by atoms with Crippen molar-refractivity contribution in [1.29, 1.82) is 0 Å². The molecule has 26 heavy (non-hydrogen) atoms. The van der Waals surface area contributed by atoms with Crippen molar-refractivity contribution in [3.05, 3.63) is 53.6 Å². The molecule has 5 heteroatoms. The lowest BCUT2D eigenvalue weighted by Gasteiger charge is -2.12. The van der Waals surface area contributed by atoms with Crippen molar-refractivity contribution in [2.75, 3.05) is 21.3 Å². The van der Waals surface area contributed by atoms with Gasteiger partial charge in [0.15, 0.2) is 11.5 Å². The van der Waals surface area contributed by atoms with E-state index >= 15 is 0 Å². The molecule has 2 aromatic rings. The van der Waals surface area contributed by atoms with Crippen molar-refractivity contribution in [3.63, 3.8) is 0 Å². The van der Waals surface area contributed by atoms with Gasteiger partial charge in [-0.2, -0.15) is 0 Å². The van der Waals surface area contributed by atoms with Gasteiger partial charge in [0.1, 0.15) is 5.75 Å². The standard InChI is InChI=1S/C21H24O5/c1-14(2)26-17-9-6-15(7-10-17)12-18(21(22)25-5)16-8-11-19(23-3)20(13-16)24-4/h6-14H,1-5H3/b18-12+. The van der Waals surface area contributed by atoms with Crippen molar-refractivity contribution in [1.82, 2.24) is 0 Å². The molecule has 0 aliphatic heterocycles. The average Bonchev–Trinajstić information content (AvgIpc) is 2.65. The average molecular weight is 356 g/mol. The fourth-order valence-corrected chi connectivity index (χ4v) is 2.46. The van der Waals surface area contributed by atoms with E-state index in [2.05, 4.69) is 0 Å². The van der Waals surface area contributed by atoms with Gasteiger partial charge in [-0.25, -0.2) is 4.79 Å². The number of hydrogen-bond acceptors (Lipinski definition) is 5. The number of hydrogen-bond donors (Lipinski definition) is 0. The molecule has 0 aromatic heterocycles. The van der Waals surface area contributed by atoms with Gasteiger partial charge in [-0.15, -0.1) is 0 Å². The van der Waals surface area contributed by atoms with E-state index in [0.29, 0.717) is 22.6 Å². The zero-order valence-corrected chi connectivity index (χ0v) is 15.7. The summed E-state index contributed by atoms with van der Waals surface area (Å²) in [6.45, 7) is 3.94. The third kappa shape index (κ3) is 4.79. The highest BCUT2D eigenvalue weighted by Crippen LogP contribution is 2.31. The van der Waals surface area contributed by atoms with Crippen LogP contribution in [0.1, 0.15) is 25.0 Å². The van der Waals surface area contributed by atoms with Gasteiger partial charge in [0.05, 0.1) is 33.0 Å². The molecular weight excluding hydrogens is 332 g/mol. The number of methoxy groups -OCH3 is 3. The quantitative estimate of drug-likeness (QED) is 0.423. The van der Waals surface area contributed by atoms with Gasteiger partial charge in [0.2, 0.25) is 0 Å². The maximum Gasteiger partial charge on any atom is 0.338 e. The van der Waals surface area contributed by atoms with E-state index in [4.69, 9.17) is 18.9 Å². The second kappa shape index (κ2) is 8.94. The van der Waals surface area contributed by atoms with E-state index in [1.807, 2.05) is 38.1 Å². The molecule has 0 unspecified atom stereocenters. The van der Waals surface area contributed by atoms with E-state index in [-0.39, 0.29) is 6.10 Å². The van der Waals surface area contributed by atoms with Crippen LogP contribution >= 0.6 is 0 Å². The van der Waals surface area contributed by atoms with Crippen LogP contribution in [0.25, 0.3) is 11.6 Å². The summed E-state index contributed by atoms with van der Waals surface area (Å²) in [6, 6.07) is 12.8. The zero-order valence-electron chi connectivity index (χ0n) is 15.7. The minimum absolute atomic E-state index is 0.105. The molecule has 5 nitrogen and oxygen atoms in total. The lowest BCUT2D eigenvalue weighted by Crippen LogP contribution is -2.05. The van der Waals surface area contributed by atoms with Crippen molar-refractivity contribution in [3.8, 4) is 17.2 Å². The fourth-order valence-electron chi connectivity index (χ4n) is 2.46. The Labute approximate surface area is 154 Å². The van der Waals surface area contributed by atoms with Gasteiger partial charge in [-0.3, -0.25) is 0 Å². The molecule has 0 fully saturated rings. The molecule has 0 aliphatic carbocycles. The van der Waals surface area contributed by atoms with Crippen LogP contribution in [0, 0.1) is 0 Å². The Hall–Kier alpha value is -2.95. The summed E-state index contributed by atoms with van der Waals surface area (Å²) in [5.41, 5.74) is 1.96. The zero-order chi connectivity index (χ0) is 19.1. The minimum atomic E-state index is -0.431. The van der Waals surface area contributed by atoms with Gasteiger partial charge in [-0.1, -0.05) is 18.2 Å². The van der Waals surface area contributed by atoms with Crippen molar-refractivity contribution >= 4 is 17.6 Å². The first-order chi connectivity index (χ1) is 12.5. The molecule has 0 aliphatic rings. The summed E-state index contributed by atoms with van der Waals surface area (Å²) in [7, 11) is 4.47. The molecule has 0 amide bonds. The third-order valence-electron chi connectivity index (χ3n) is 3.66. The van der Waals surface area contributed by atoms with Gasteiger partial charge in [0.25, 0.3) is 0 Å². The summed E-state index contributed by atoms with van der Waals surface area (Å²) in [5, 5.41) is 0. The second-order valence-electron chi connectivity index (χ2n) is 5.85.